The molecule has 0 saturated heterocycles. The molecule has 9 heteroatoms. The molecule has 2 aromatic rings. The van der Waals surface area contributed by atoms with E-state index in [-0.39, 0.29) is 11.5 Å². The normalized spacial score (nSPS) is 11.2. The van der Waals surface area contributed by atoms with Crippen LogP contribution in [0.15, 0.2) is 16.5 Å². The number of furan rings is 1. The van der Waals surface area contributed by atoms with Crippen LogP contribution in [0.1, 0.15) is 126 Å². The molecule has 0 radical (unpaired) electrons. The molecule has 1 aromatic heterocycles. The highest BCUT2D eigenvalue weighted by atomic mass is 19.2. The summed E-state index contributed by atoms with van der Waals surface area (Å²) in [6.07, 6.45) is 20.2. The van der Waals surface area contributed by atoms with E-state index in [1.165, 1.54) is 95.6 Å². The van der Waals surface area contributed by atoms with Crippen LogP contribution in [-0.2, 0) is 6.61 Å². The van der Waals surface area contributed by atoms with Crippen LogP contribution >= 0.6 is 0 Å². The Balaban J connectivity index is 1.50. The largest absolute Gasteiger partial charge is 0.479 e. The van der Waals surface area contributed by atoms with Gasteiger partial charge in [0, 0.05) is 6.54 Å². The molecule has 1 N–H and O–H groups in total. The van der Waals surface area contributed by atoms with E-state index in [9.17, 15) is 26.7 Å². The Morgan fingerprint density at radius 1 is 0.667 bits per heavy atom. The number of carbonyl (C=O) groups excluding carboxylic acids is 1. The van der Waals surface area contributed by atoms with Crippen molar-refractivity contribution in [1.29, 1.82) is 0 Å². The fraction of sp³-hybridized carbons (Fsp3) is 0.633. The molecule has 0 unspecified atom stereocenters. The van der Waals surface area contributed by atoms with Crippen LogP contribution in [0.5, 0.6) is 5.75 Å². The molecule has 1 aromatic carbocycles. The third-order valence-electron chi connectivity index (χ3n) is 6.73. The third-order valence-corrected chi connectivity index (χ3v) is 6.73. The highest BCUT2D eigenvalue weighted by Gasteiger charge is 2.27. The quantitative estimate of drug-likeness (QED) is 0.0717. The summed E-state index contributed by atoms with van der Waals surface area (Å²) in [6.45, 7) is 2.11. The summed E-state index contributed by atoms with van der Waals surface area (Å²) >= 11 is 0. The second-order valence-electron chi connectivity index (χ2n) is 10.0. The summed E-state index contributed by atoms with van der Waals surface area (Å²) in [7, 11) is 0. The molecule has 1 amide bonds. The van der Waals surface area contributed by atoms with Gasteiger partial charge in [-0.3, -0.25) is 4.79 Å². The van der Waals surface area contributed by atoms with Gasteiger partial charge >= 0.3 is 0 Å². The van der Waals surface area contributed by atoms with Gasteiger partial charge in [-0.2, -0.15) is 8.78 Å². The highest BCUT2D eigenvalue weighted by Crippen LogP contribution is 2.29. The first-order valence-corrected chi connectivity index (χ1v) is 14.4. The Kier molecular flexibility index (Phi) is 15.6. The van der Waals surface area contributed by atoms with Gasteiger partial charge < -0.3 is 14.5 Å². The number of amides is 1. The Labute approximate surface area is 228 Å². The maximum atomic E-state index is 13.7. The molecule has 0 aliphatic carbocycles. The van der Waals surface area contributed by atoms with Crippen LogP contribution in [0.3, 0.4) is 0 Å². The van der Waals surface area contributed by atoms with Crippen molar-refractivity contribution in [3.05, 3.63) is 52.7 Å². The zero-order valence-electron chi connectivity index (χ0n) is 23.0. The summed E-state index contributed by atoms with van der Waals surface area (Å²) < 4.78 is 77.1. The van der Waals surface area contributed by atoms with E-state index in [4.69, 9.17) is 9.15 Å². The second-order valence-corrected chi connectivity index (χ2v) is 10.0. The molecule has 0 fully saturated rings. The third kappa shape index (κ3) is 11.6. The van der Waals surface area contributed by atoms with Crippen molar-refractivity contribution in [2.45, 2.75) is 116 Å². The zero-order valence-corrected chi connectivity index (χ0v) is 23.0. The van der Waals surface area contributed by atoms with Crippen LogP contribution in [0.4, 0.5) is 22.0 Å². The number of unbranched alkanes of at least 4 members (excludes halogenated alkanes) is 15. The van der Waals surface area contributed by atoms with Crippen molar-refractivity contribution < 1.29 is 35.9 Å². The Morgan fingerprint density at radius 3 is 1.59 bits per heavy atom. The molecular weight excluding hydrogens is 517 g/mol. The van der Waals surface area contributed by atoms with Crippen molar-refractivity contribution >= 4 is 5.91 Å². The van der Waals surface area contributed by atoms with E-state index < -0.39 is 47.3 Å². The lowest BCUT2D eigenvalue weighted by Gasteiger charge is -2.09. The fourth-order valence-corrected chi connectivity index (χ4v) is 4.39. The molecule has 1 heterocycles. The molecule has 0 spiro atoms. The number of ether oxygens (including phenoxy) is 1. The Morgan fingerprint density at radius 2 is 1.10 bits per heavy atom. The van der Waals surface area contributed by atoms with Crippen molar-refractivity contribution in [1.82, 2.24) is 5.32 Å². The van der Waals surface area contributed by atoms with Crippen molar-refractivity contribution in [3.8, 4) is 5.75 Å². The lowest BCUT2D eigenvalue weighted by molar-refractivity contribution is 0.0920. The molecule has 4 nitrogen and oxygen atoms in total. The first-order valence-electron chi connectivity index (χ1n) is 14.4. The van der Waals surface area contributed by atoms with Gasteiger partial charge in [-0.1, -0.05) is 103 Å². The van der Waals surface area contributed by atoms with E-state index in [1.807, 2.05) is 0 Å². The van der Waals surface area contributed by atoms with Crippen molar-refractivity contribution in [2.24, 2.45) is 0 Å². The van der Waals surface area contributed by atoms with Crippen LogP contribution in [-0.4, -0.2) is 12.5 Å². The SMILES string of the molecule is CCCCCCCCCCCCCCCCCCNC(=O)c1ccc(COc2c(F)c(F)c(F)c(F)c2F)o1. The van der Waals surface area contributed by atoms with Crippen molar-refractivity contribution in [2.75, 3.05) is 6.54 Å². The second kappa shape index (κ2) is 18.7. The monoisotopic (exact) mass is 559 g/mol. The lowest BCUT2D eigenvalue weighted by atomic mass is 10.0. The molecule has 0 saturated carbocycles. The minimum atomic E-state index is -2.27. The van der Waals surface area contributed by atoms with E-state index in [0.29, 0.717) is 6.54 Å². The van der Waals surface area contributed by atoms with E-state index >= 15 is 0 Å². The number of hydrogen-bond donors (Lipinski definition) is 1. The van der Waals surface area contributed by atoms with E-state index in [2.05, 4.69) is 12.2 Å². The van der Waals surface area contributed by atoms with Crippen LogP contribution in [0.2, 0.25) is 0 Å². The maximum Gasteiger partial charge on any atom is 0.286 e. The van der Waals surface area contributed by atoms with Gasteiger partial charge in [-0.05, 0) is 18.6 Å². The maximum absolute atomic E-state index is 13.7. The number of rotatable bonds is 21. The van der Waals surface area contributed by atoms with E-state index in [0.717, 1.165) is 19.3 Å². The molecule has 0 atom stereocenters. The average molecular weight is 560 g/mol. The van der Waals surface area contributed by atoms with Crippen molar-refractivity contribution in [3.63, 3.8) is 0 Å². The zero-order chi connectivity index (χ0) is 28.5. The predicted octanol–water partition coefficient (Wildman–Crippen LogP) is 9.55. The summed E-state index contributed by atoms with van der Waals surface area (Å²) in [4.78, 5) is 12.2. The molecule has 2 rings (SSSR count). The Bertz CT molecular complexity index is 966. The smallest absolute Gasteiger partial charge is 0.286 e. The number of hydrogen-bond acceptors (Lipinski definition) is 3. The van der Waals surface area contributed by atoms with Crippen LogP contribution in [0.25, 0.3) is 0 Å². The lowest BCUT2D eigenvalue weighted by Crippen LogP contribution is -2.23. The van der Waals surface area contributed by atoms with Gasteiger partial charge in [0.1, 0.15) is 12.4 Å². The molecular formula is C30H42F5NO3. The number of halogens is 5. The minimum absolute atomic E-state index is 0.00787. The minimum Gasteiger partial charge on any atom is -0.479 e. The summed E-state index contributed by atoms with van der Waals surface area (Å²) in [5.74, 6) is -12.5. The summed E-state index contributed by atoms with van der Waals surface area (Å²) in [5, 5.41) is 2.74. The van der Waals surface area contributed by atoms with Gasteiger partial charge in [0.25, 0.3) is 5.91 Å². The number of carbonyl (C=O) groups is 1. The van der Waals surface area contributed by atoms with Crippen LogP contribution in [0, 0.1) is 29.1 Å². The molecule has 220 valence electrons. The Hall–Kier alpha value is -2.58. The van der Waals surface area contributed by atoms with Gasteiger partial charge in [-0.15, -0.1) is 0 Å². The van der Waals surface area contributed by atoms with E-state index in [1.54, 1.807) is 0 Å². The number of benzene rings is 1. The highest BCUT2D eigenvalue weighted by molar-refractivity contribution is 5.91. The molecule has 0 aliphatic rings. The predicted molar refractivity (Wildman–Crippen MR) is 141 cm³/mol. The first-order chi connectivity index (χ1) is 18.9. The topological polar surface area (TPSA) is 51.5 Å². The summed E-state index contributed by atoms with van der Waals surface area (Å²) in [6, 6.07) is 2.68. The van der Waals surface area contributed by atoms with Crippen LogP contribution < -0.4 is 10.1 Å². The van der Waals surface area contributed by atoms with Gasteiger partial charge in [-0.25, -0.2) is 13.2 Å². The first kappa shape index (κ1) is 32.6. The molecule has 0 bridgehead atoms. The molecule has 39 heavy (non-hydrogen) atoms. The fourth-order valence-electron chi connectivity index (χ4n) is 4.39. The average Bonchev–Trinajstić information content (AvgIpc) is 3.41. The summed E-state index contributed by atoms with van der Waals surface area (Å²) in [5.41, 5.74) is 0. The standard InChI is InChI=1S/C30H42F5NO3/c1-2-3-4-5-6-7-8-9-10-11-12-13-14-15-16-17-20-36-30(37)23-19-18-22(39-23)21-38-29-27(34)25(32)24(31)26(33)28(29)35/h18-19H,2-17,20-21H2,1H3,(H,36,37). The molecule has 0 aliphatic heterocycles. The van der Waals surface area contributed by atoms with Gasteiger partial charge in [0.2, 0.25) is 29.1 Å². The number of nitrogens with one attached hydrogen (secondary N) is 1. The van der Waals surface area contributed by atoms with Gasteiger partial charge in [0.05, 0.1) is 0 Å². The van der Waals surface area contributed by atoms with Gasteiger partial charge in [0.15, 0.2) is 11.5 Å².